The zero-order valence-corrected chi connectivity index (χ0v) is 19.3. The molecule has 3 heteroatoms. The fourth-order valence-electron chi connectivity index (χ4n) is 3.56. The van der Waals surface area contributed by atoms with Crippen LogP contribution in [0.1, 0.15) is 48.0 Å². The lowest BCUT2D eigenvalue weighted by Gasteiger charge is -2.48. The summed E-state index contributed by atoms with van der Waals surface area (Å²) in [5, 5.41) is 0. The van der Waals surface area contributed by atoms with Gasteiger partial charge in [-0.2, -0.15) is 0 Å². The first-order valence-electron chi connectivity index (χ1n) is 10.7. The van der Waals surface area contributed by atoms with Crippen molar-refractivity contribution in [2.75, 3.05) is 26.2 Å². The van der Waals surface area contributed by atoms with Crippen LogP contribution in [-0.2, 0) is 0 Å². The van der Waals surface area contributed by atoms with Gasteiger partial charge in [0.25, 0.3) is 0 Å². The normalized spacial score (nSPS) is 17.8. The van der Waals surface area contributed by atoms with Gasteiger partial charge in [0.05, 0.1) is 5.54 Å². The van der Waals surface area contributed by atoms with E-state index in [1.54, 1.807) is 0 Å². The van der Waals surface area contributed by atoms with E-state index in [9.17, 15) is 0 Å². The first-order chi connectivity index (χ1) is 13.2. The van der Waals surface area contributed by atoms with Gasteiger partial charge < -0.3 is 9.80 Å². The van der Waals surface area contributed by atoms with Gasteiger partial charge in [0.1, 0.15) is 7.85 Å². The number of allylic oxidation sites excluding steroid dienone is 7. The van der Waals surface area contributed by atoms with Crippen molar-refractivity contribution in [3.8, 4) is 0 Å². The summed E-state index contributed by atoms with van der Waals surface area (Å²) in [7, 11) is 2.06. The highest BCUT2D eigenvalue weighted by atomic mass is 15.2. The second kappa shape index (κ2) is 12.0. The number of hydrogen-bond acceptors (Lipinski definition) is 2. The Hall–Kier alpha value is -1.74. The van der Waals surface area contributed by atoms with Crippen LogP contribution in [0.2, 0.25) is 0 Å². The quantitative estimate of drug-likeness (QED) is 0.364. The molecule has 0 aromatic heterocycles. The van der Waals surface area contributed by atoms with Crippen LogP contribution in [0.5, 0.6) is 0 Å². The molecule has 0 amide bonds. The molecule has 1 fully saturated rings. The highest BCUT2D eigenvalue weighted by Gasteiger charge is 2.34. The van der Waals surface area contributed by atoms with Gasteiger partial charge in [-0.3, -0.25) is 0 Å². The van der Waals surface area contributed by atoms with Crippen LogP contribution in [-0.4, -0.2) is 49.4 Å². The van der Waals surface area contributed by atoms with Crippen LogP contribution in [0.25, 0.3) is 0 Å². The summed E-state index contributed by atoms with van der Waals surface area (Å²) < 4.78 is 0. The largest absolute Gasteiger partial charge is 0.362 e. The van der Waals surface area contributed by atoms with Gasteiger partial charge in [-0.05, 0) is 47.6 Å². The SMILES string of the molecule is B/C=C/C(C)=C\C=C(/C)CN(C(=C)C1CN(CCC)C1)C(C)(C)/C=C\C=C/C. The Morgan fingerprint density at radius 1 is 1.21 bits per heavy atom. The first-order valence-corrected chi connectivity index (χ1v) is 10.7. The molecule has 1 aliphatic rings. The summed E-state index contributed by atoms with van der Waals surface area (Å²) in [5.74, 6) is 2.64. The highest BCUT2D eigenvalue weighted by Crippen LogP contribution is 2.31. The van der Waals surface area contributed by atoms with Gasteiger partial charge in [-0.1, -0.05) is 67.2 Å². The summed E-state index contributed by atoms with van der Waals surface area (Å²) in [6, 6.07) is 0. The molecule has 1 heterocycles. The summed E-state index contributed by atoms with van der Waals surface area (Å²) in [4.78, 5) is 5.02. The molecule has 0 unspecified atom stereocenters. The van der Waals surface area contributed by atoms with Gasteiger partial charge in [0.15, 0.2) is 0 Å². The summed E-state index contributed by atoms with van der Waals surface area (Å²) in [6.45, 7) is 22.1. The summed E-state index contributed by atoms with van der Waals surface area (Å²) in [5.41, 5.74) is 3.80. The molecule has 0 aromatic carbocycles. The molecular weight excluding hydrogens is 339 g/mol. The van der Waals surface area contributed by atoms with Crippen molar-refractivity contribution in [3.63, 3.8) is 0 Å². The van der Waals surface area contributed by atoms with Crippen molar-refractivity contribution in [2.45, 2.75) is 53.5 Å². The van der Waals surface area contributed by atoms with E-state index in [4.69, 9.17) is 0 Å². The highest BCUT2D eigenvalue weighted by molar-refractivity contribution is 6.17. The number of hydrogen-bond donors (Lipinski definition) is 0. The van der Waals surface area contributed by atoms with Gasteiger partial charge in [-0.15, -0.1) is 5.98 Å². The van der Waals surface area contributed by atoms with Crippen LogP contribution < -0.4 is 0 Å². The Bertz CT molecular complexity index is 643. The van der Waals surface area contributed by atoms with Gasteiger partial charge >= 0.3 is 0 Å². The lowest BCUT2D eigenvalue weighted by molar-refractivity contribution is 0.0862. The fraction of sp³-hybridized carbons (Fsp3) is 0.520. The zero-order valence-electron chi connectivity index (χ0n) is 19.3. The Morgan fingerprint density at radius 3 is 2.46 bits per heavy atom. The summed E-state index contributed by atoms with van der Waals surface area (Å²) in [6.07, 6.45) is 16.4. The van der Waals surface area contributed by atoms with Gasteiger partial charge in [-0.25, -0.2) is 0 Å². The number of nitrogens with zero attached hydrogens (tertiary/aromatic N) is 2. The Balaban J connectivity index is 2.99. The molecule has 0 saturated carbocycles. The average molecular weight is 380 g/mol. The Kier molecular flexibility index (Phi) is 10.4. The van der Waals surface area contributed by atoms with Crippen LogP contribution in [0.15, 0.2) is 71.9 Å². The molecule has 28 heavy (non-hydrogen) atoms. The van der Waals surface area contributed by atoms with Crippen molar-refractivity contribution in [1.82, 2.24) is 9.80 Å². The number of rotatable bonds is 11. The maximum atomic E-state index is 4.54. The second-order valence-electron chi connectivity index (χ2n) is 8.50. The fourth-order valence-corrected chi connectivity index (χ4v) is 3.56. The molecule has 0 atom stereocenters. The number of likely N-dealkylation sites (tertiary alicyclic amines) is 1. The maximum Gasteiger partial charge on any atom is 0.129 e. The van der Waals surface area contributed by atoms with E-state index in [0.717, 1.165) is 19.6 Å². The van der Waals surface area contributed by atoms with Gasteiger partial charge in [0.2, 0.25) is 0 Å². The predicted molar refractivity (Wildman–Crippen MR) is 129 cm³/mol. The monoisotopic (exact) mass is 380 g/mol. The molecule has 0 bridgehead atoms. The van der Waals surface area contributed by atoms with Crippen LogP contribution in [0.3, 0.4) is 0 Å². The van der Waals surface area contributed by atoms with E-state index in [1.807, 2.05) is 0 Å². The molecule has 1 rings (SSSR count). The minimum Gasteiger partial charge on any atom is -0.362 e. The van der Waals surface area contributed by atoms with Crippen molar-refractivity contribution in [1.29, 1.82) is 0 Å². The maximum absolute atomic E-state index is 4.54. The zero-order chi connectivity index (χ0) is 21.2. The molecule has 0 aliphatic carbocycles. The Morgan fingerprint density at radius 2 is 1.89 bits per heavy atom. The lowest BCUT2D eigenvalue weighted by atomic mass is 9.91. The van der Waals surface area contributed by atoms with Crippen LogP contribution >= 0.6 is 0 Å². The minimum absolute atomic E-state index is 0.0844. The van der Waals surface area contributed by atoms with E-state index >= 15 is 0 Å². The summed E-state index contributed by atoms with van der Waals surface area (Å²) >= 11 is 0. The molecule has 2 nitrogen and oxygen atoms in total. The molecule has 1 aliphatic heterocycles. The van der Waals surface area contributed by atoms with E-state index in [2.05, 4.69) is 114 Å². The first kappa shape index (κ1) is 24.3. The smallest absolute Gasteiger partial charge is 0.129 e. The molecule has 0 N–H and O–H groups in total. The van der Waals surface area contributed by atoms with Crippen molar-refractivity contribution in [3.05, 3.63) is 71.9 Å². The van der Waals surface area contributed by atoms with Crippen molar-refractivity contribution < 1.29 is 0 Å². The van der Waals surface area contributed by atoms with Crippen LogP contribution in [0, 0.1) is 5.92 Å². The van der Waals surface area contributed by atoms with Crippen molar-refractivity contribution in [2.24, 2.45) is 5.92 Å². The average Bonchev–Trinajstić information content (AvgIpc) is 2.60. The molecular formula is C25H41BN2. The third-order valence-electron chi connectivity index (χ3n) is 5.29. The van der Waals surface area contributed by atoms with Gasteiger partial charge in [0, 0.05) is 31.2 Å². The predicted octanol–water partition coefficient (Wildman–Crippen LogP) is 5.09. The minimum atomic E-state index is -0.0844. The van der Waals surface area contributed by atoms with E-state index < -0.39 is 0 Å². The molecule has 0 radical (unpaired) electrons. The standard InChI is InChI=1S/C25H41BN2/c1-8-10-11-15-25(6,7)28(18-22(4)13-12-21(3)14-16-26)23(5)24-19-27(20-24)17-9-2/h8,10-16,24H,5,9,17-20,26H2,1-4,6-7H3/b10-8-,15-11-,16-14+,21-12-,22-13+. The van der Waals surface area contributed by atoms with Crippen molar-refractivity contribution >= 4 is 7.85 Å². The lowest BCUT2D eigenvalue weighted by Crippen LogP contribution is -2.53. The van der Waals surface area contributed by atoms with E-state index in [-0.39, 0.29) is 5.54 Å². The Labute approximate surface area is 175 Å². The molecule has 154 valence electrons. The van der Waals surface area contributed by atoms with E-state index in [1.165, 1.54) is 29.8 Å². The molecule has 0 aromatic rings. The van der Waals surface area contributed by atoms with Crippen LogP contribution in [0.4, 0.5) is 0 Å². The second-order valence-corrected chi connectivity index (χ2v) is 8.50. The third-order valence-corrected chi connectivity index (χ3v) is 5.29. The topological polar surface area (TPSA) is 6.48 Å². The third kappa shape index (κ3) is 7.71. The van der Waals surface area contributed by atoms with E-state index in [0.29, 0.717) is 5.92 Å². The molecule has 1 saturated heterocycles. The molecule has 0 spiro atoms.